The molecule has 0 aliphatic carbocycles. The quantitative estimate of drug-likeness (QED) is 0.411. The molecule has 0 aliphatic rings. The molecule has 1 unspecified atom stereocenters. The molecule has 32 heavy (non-hydrogen) atoms. The lowest BCUT2D eigenvalue weighted by Crippen LogP contribution is -2.28. The number of methoxy groups -OCH3 is 2. The number of nitrogens with two attached hydrogens (primary N) is 1. The molecule has 0 radical (unpaired) electrons. The first-order chi connectivity index (χ1) is 15.4. The average molecular weight is 434 g/mol. The maximum absolute atomic E-state index is 12.3. The maximum Gasteiger partial charge on any atom is 0.373 e. The van der Waals surface area contributed by atoms with E-state index < -0.39 is 18.2 Å². The summed E-state index contributed by atoms with van der Waals surface area (Å²) in [6.45, 7) is 0.502. The largest absolute Gasteiger partial charge is 0.497 e. The number of rotatable bonds is 8. The van der Waals surface area contributed by atoms with Crippen molar-refractivity contribution in [2.75, 3.05) is 14.2 Å². The molecule has 8 heteroatoms. The Kier molecular flexibility index (Phi) is 5.70. The first-order valence-electron chi connectivity index (χ1n) is 9.83. The molecule has 0 bridgehead atoms. The number of fused-ring (bicyclic) bond motifs is 3. The summed E-state index contributed by atoms with van der Waals surface area (Å²) in [7, 11) is 2.75. The maximum atomic E-state index is 12.3. The number of carbonyl (C=O) groups is 2. The van der Waals surface area contributed by atoms with Crippen LogP contribution in [0.1, 0.15) is 15.9 Å². The summed E-state index contributed by atoms with van der Waals surface area (Å²) >= 11 is 0. The molecule has 1 heterocycles. The molecule has 4 rings (SSSR count). The van der Waals surface area contributed by atoms with Gasteiger partial charge in [-0.25, -0.2) is 4.79 Å². The normalized spacial score (nSPS) is 12.1. The van der Waals surface area contributed by atoms with E-state index in [1.807, 2.05) is 47.0 Å². The van der Waals surface area contributed by atoms with Gasteiger partial charge in [0.15, 0.2) is 0 Å². The summed E-state index contributed by atoms with van der Waals surface area (Å²) in [6, 6.07) is 18.5. The summed E-state index contributed by atoms with van der Waals surface area (Å²) < 4.78 is 18.2. The van der Waals surface area contributed by atoms with Crippen LogP contribution in [0.2, 0.25) is 0 Å². The Morgan fingerprint density at radius 1 is 1.00 bits per heavy atom. The van der Waals surface area contributed by atoms with E-state index in [1.165, 1.54) is 14.2 Å². The van der Waals surface area contributed by atoms with Gasteiger partial charge < -0.3 is 29.6 Å². The van der Waals surface area contributed by atoms with Crippen LogP contribution in [-0.2, 0) is 16.1 Å². The molecule has 1 amide bonds. The zero-order chi connectivity index (χ0) is 22.8. The number of carboxylic acid groups (broad SMARTS) is 1. The van der Waals surface area contributed by atoms with Crippen LogP contribution in [0.3, 0.4) is 0 Å². The molecule has 164 valence electrons. The summed E-state index contributed by atoms with van der Waals surface area (Å²) in [4.78, 5) is 23.8. The van der Waals surface area contributed by atoms with Crippen LogP contribution in [0.15, 0.2) is 60.7 Å². The number of hydrogen-bond donors (Lipinski definition) is 2. The van der Waals surface area contributed by atoms with Crippen LogP contribution in [0, 0.1) is 0 Å². The molecule has 3 N–H and O–H groups in total. The lowest BCUT2D eigenvalue weighted by Gasteiger charge is -2.16. The molecule has 1 aromatic heterocycles. The van der Waals surface area contributed by atoms with Crippen LogP contribution >= 0.6 is 0 Å². The molecule has 0 spiro atoms. The minimum Gasteiger partial charge on any atom is -0.497 e. The number of primary amides is 1. The Labute approximate surface area is 183 Å². The number of carbonyl (C=O) groups excluding carboxylic acids is 1. The first kappa shape index (κ1) is 21.2. The molecular formula is C24H22N2O6. The van der Waals surface area contributed by atoms with E-state index in [0.29, 0.717) is 34.1 Å². The van der Waals surface area contributed by atoms with Gasteiger partial charge in [-0.15, -0.1) is 0 Å². The van der Waals surface area contributed by atoms with E-state index in [9.17, 15) is 14.7 Å². The van der Waals surface area contributed by atoms with Crippen molar-refractivity contribution in [3.05, 3.63) is 71.8 Å². The van der Waals surface area contributed by atoms with E-state index in [2.05, 4.69) is 0 Å². The van der Waals surface area contributed by atoms with Gasteiger partial charge in [-0.3, -0.25) is 4.79 Å². The highest BCUT2D eigenvalue weighted by Gasteiger charge is 2.25. The molecule has 0 aliphatic heterocycles. The van der Waals surface area contributed by atoms with Gasteiger partial charge >= 0.3 is 5.97 Å². The lowest BCUT2D eigenvalue weighted by molar-refractivity contribution is -0.166. The summed E-state index contributed by atoms with van der Waals surface area (Å²) in [5.41, 5.74) is 8.48. The summed E-state index contributed by atoms with van der Waals surface area (Å²) in [5, 5.41) is 10.6. The zero-order valence-corrected chi connectivity index (χ0v) is 17.6. The highest BCUT2D eigenvalue weighted by molar-refractivity contribution is 6.20. The monoisotopic (exact) mass is 434 g/mol. The minimum absolute atomic E-state index is 0.208. The fourth-order valence-corrected chi connectivity index (χ4v) is 3.87. The number of benzene rings is 3. The number of carboxylic acids is 1. The van der Waals surface area contributed by atoms with Gasteiger partial charge in [0.05, 0.1) is 23.5 Å². The third kappa shape index (κ3) is 3.72. The van der Waals surface area contributed by atoms with Crippen LogP contribution < -0.4 is 15.2 Å². The molecule has 8 nitrogen and oxygen atoms in total. The number of ether oxygens (including phenoxy) is 3. The number of aromatic nitrogens is 1. The highest BCUT2D eigenvalue weighted by atomic mass is 16.7. The molecule has 1 atom stereocenters. The van der Waals surface area contributed by atoms with Crippen LogP contribution in [0.4, 0.5) is 0 Å². The Morgan fingerprint density at radius 2 is 1.75 bits per heavy atom. The molecule has 0 fully saturated rings. The fraction of sp³-hybridized carbons (Fsp3) is 0.167. The summed E-state index contributed by atoms with van der Waals surface area (Å²) in [5.74, 6) is -1.21. The van der Waals surface area contributed by atoms with E-state index in [0.717, 1.165) is 11.1 Å². The minimum atomic E-state index is -1.54. The van der Waals surface area contributed by atoms with Crippen molar-refractivity contribution in [1.29, 1.82) is 0 Å². The number of aliphatic carboxylic acids is 1. The van der Waals surface area contributed by atoms with Crippen LogP contribution in [0.5, 0.6) is 11.5 Å². The van der Waals surface area contributed by atoms with Crippen molar-refractivity contribution >= 4 is 33.7 Å². The van der Waals surface area contributed by atoms with Crippen LogP contribution in [-0.4, -0.2) is 42.1 Å². The van der Waals surface area contributed by atoms with E-state index in [1.54, 1.807) is 18.2 Å². The molecule has 4 aromatic rings. The Morgan fingerprint density at radius 3 is 2.38 bits per heavy atom. The van der Waals surface area contributed by atoms with Gasteiger partial charge in [0.2, 0.25) is 5.91 Å². The first-order valence-corrected chi connectivity index (χ1v) is 9.83. The number of nitrogens with zero attached hydrogens (tertiary/aromatic N) is 1. The lowest BCUT2D eigenvalue weighted by atomic mass is 10.0. The van der Waals surface area contributed by atoms with Crippen molar-refractivity contribution < 1.29 is 28.9 Å². The Bertz CT molecular complexity index is 1310. The standard InChI is InChI=1S/C24H22N2O6/c1-30-15-11-18-21(19(12-15)32-24(31-2)23(28)29)20-16(22(25)27)9-6-10-17(20)26(18)13-14-7-4-3-5-8-14/h3-12,24H,13H2,1-2H3,(H2,25,27)(H,28,29). The van der Waals surface area contributed by atoms with Gasteiger partial charge in [-0.1, -0.05) is 36.4 Å². The smallest absolute Gasteiger partial charge is 0.373 e. The topological polar surface area (TPSA) is 113 Å². The average Bonchev–Trinajstić information content (AvgIpc) is 3.11. The molecular weight excluding hydrogens is 412 g/mol. The Balaban J connectivity index is 2.08. The predicted octanol–water partition coefficient (Wildman–Crippen LogP) is 3.39. The highest BCUT2D eigenvalue weighted by Crippen LogP contribution is 2.41. The predicted molar refractivity (Wildman–Crippen MR) is 119 cm³/mol. The SMILES string of the molecule is COc1cc(OC(OC)C(=O)O)c2c3c(C(N)=O)cccc3n(Cc3ccccc3)c2c1. The van der Waals surface area contributed by atoms with Crippen molar-refractivity contribution in [2.24, 2.45) is 5.73 Å². The van der Waals surface area contributed by atoms with Gasteiger partial charge in [0.1, 0.15) is 11.5 Å². The van der Waals surface area contributed by atoms with Crippen molar-refractivity contribution in [3.63, 3.8) is 0 Å². The van der Waals surface area contributed by atoms with Gasteiger partial charge in [0.25, 0.3) is 6.29 Å². The third-order valence-corrected chi connectivity index (χ3v) is 5.26. The zero-order valence-electron chi connectivity index (χ0n) is 17.6. The summed E-state index contributed by atoms with van der Waals surface area (Å²) in [6.07, 6.45) is -1.54. The number of hydrogen-bond acceptors (Lipinski definition) is 5. The molecule has 3 aromatic carbocycles. The van der Waals surface area contributed by atoms with Gasteiger partial charge in [0, 0.05) is 36.7 Å². The van der Waals surface area contributed by atoms with Crippen molar-refractivity contribution in [3.8, 4) is 11.5 Å². The second kappa shape index (κ2) is 8.60. The Hall–Kier alpha value is -4.04. The third-order valence-electron chi connectivity index (χ3n) is 5.26. The van der Waals surface area contributed by atoms with E-state index >= 15 is 0 Å². The van der Waals surface area contributed by atoms with E-state index in [-0.39, 0.29) is 5.75 Å². The molecule has 0 saturated carbocycles. The second-order valence-corrected chi connectivity index (χ2v) is 7.18. The van der Waals surface area contributed by atoms with Gasteiger partial charge in [-0.05, 0) is 17.7 Å². The second-order valence-electron chi connectivity index (χ2n) is 7.18. The van der Waals surface area contributed by atoms with E-state index in [4.69, 9.17) is 19.9 Å². The van der Waals surface area contributed by atoms with Crippen molar-refractivity contribution in [1.82, 2.24) is 4.57 Å². The van der Waals surface area contributed by atoms with Crippen LogP contribution in [0.25, 0.3) is 21.8 Å². The fourth-order valence-electron chi connectivity index (χ4n) is 3.87. The molecule has 0 saturated heterocycles. The number of amides is 1. The van der Waals surface area contributed by atoms with Crippen molar-refractivity contribution in [2.45, 2.75) is 12.8 Å². The van der Waals surface area contributed by atoms with Gasteiger partial charge in [-0.2, -0.15) is 0 Å².